The van der Waals surface area contributed by atoms with E-state index < -0.39 is 0 Å². The number of halogens is 2. The Morgan fingerprint density at radius 3 is 2.58 bits per heavy atom. The highest BCUT2D eigenvalue weighted by atomic mass is 79.9. The second kappa shape index (κ2) is 8.84. The maximum absolute atomic E-state index is 12.1. The summed E-state index contributed by atoms with van der Waals surface area (Å²) in [5.41, 5.74) is 3.77. The van der Waals surface area contributed by atoms with Gasteiger partial charge >= 0.3 is 0 Å². The Kier molecular flexibility index (Phi) is 6.81. The first-order valence-corrected chi connectivity index (χ1v) is 8.73. The molecular formula is C17H16Br2N2O3. The molecule has 1 amide bonds. The Morgan fingerprint density at radius 1 is 1.25 bits per heavy atom. The number of hydrogen-bond donors (Lipinski definition) is 1. The van der Waals surface area contributed by atoms with Crippen LogP contribution in [0.5, 0.6) is 11.5 Å². The van der Waals surface area contributed by atoms with Crippen LogP contribution >= 0.6 is 31.9 Å². The molecule has 0 heterocycles. The Labute approximate surface area is 157 Å². The monoisotopic (exact) mass is 454 g/mol. The van der Waals surface area contributed by atoms with Gasteiger partial charge < -0.3 is 9.47 Å². The zero-order chi connectivity index (χ0) is 17.5. The Balaban J connectivity index is 2.07. The van der Waals surface area contributed by atoms with E-state index in [1.54, 1.807) is 37.6 Å². The predicted octanol–water partition coefficient (Wildman–Crippen LogP) is 4.38. The number of rotatable bonds is 6. The summed E-state index contributed by atoms with van der Waals surface area (Å²) in [4.78, 5) is 12.1. The lowest BCUT2D eigenvalue weighted by molar-refractivity contribution is 0.0955. The first-order valence-electron chi connectivity index (χ1n) is 7.14. The smallest absolute Gasteiger partial charge is 0.271 e. The second-order valence-electron chi connectivity index (χ2n) is 4.68. The molecule has 2 aromatic rings. The van der Waals surface area contributed by atoms with Gasteiger partial charge in [-0.2, -0.15) is 5.10 Å². The first kappa shape index (κ1) is 18.5. The van der Waals surface area contributed by atoms with Crippen molar-refractivity contribution >= 4 is 44.0 Å². The van der Waals surface area contributed by atoms with Crippen molar-refractivity contribution in [2.45, 2.75) is 6.92 Å². The van der Waals surface area contributed by atoms with E-state index >= 15 is 0 Å². The van der Waals surface area contributed by atoms with Gasteiger partial charge in [-0.1, -0.05) is 6.07 Å². The second-order valence-corrected chi connectivity index (χ2v) is 6.39. The van der Waals surface area contributed by atoms with Gasteiger partial charge in [0.1, 0.15) is 11.5 Å². The summed E-state index contributed by atoms with van der Waals surface area (Å²) in [6.07, 6.45) is 1.56. The third kappa shape index (κ3) is 4.82. The van der Waals surface area contributed by atoms with Crippen LogP contribution < -0.4 is 14.9 Å². The first-order chi connectivity index (χ1) is 11.5. The third-order valence-electron chi connectivity index (χ3n) is 3.02. The van der Waals surface area contributed by atoms with Crippen LogP contribution in [0, 0.1) is 0 Å². The third-order valence-corrected chi connectivity index (χ3v) is 4.20. The molecule has 0 unspecified atom stereocenters. The van der Waals surface area contributed by atoms with E-state index in [1.807, 2.05) is 19.1 Å². The number of carbonyl (C=O) groups is 1. The van der Waals surface area contributed by atoms with Crippen LogP contribution in [0.4, 0.5) is 0 Å². The Hall–Kier alpha value is -1.86. The molecule has 0 saturated heterocycles. The van der Waals surface area contributed by atoms with Crippen LogP contribution in [0.25, 0.3) is 0 Å². The fourth-order valence-electron chi connectivity index (χ4n) is 1.93. The van der Waals surface area contributed by atoms with Crippen LogP contribution in [0.15, 0.2) is 50.4 Å². The minimum Gasteiger partial charge on any atom is -0.497 e. The summed E-state index contributed by atoms with van der Waals surface area (Å²) in [5, 5.41) is 3.98. The highest BCUT2D eigenvalue weighted by Crippen LogP contribution is 2.34. The van der Waals surface area contributed by atoms with Crippen LogP contribution in [-0.2, 0) is 0 Å². The molecule has 24 heavy (non-hydrogen) atoms. The standard InChI is InChI=1S/C17H16Br2N2O3/c1-3-24-16-14(18)7-11(8-15(16)19)10-20-21-17(22)12-5-4-6-13(9-12)23-2/h4-10H,3H2,1-2H3,(H,21,22)/b20-10+. The fraction of sp³-hybridized carbons (Fsp3) is 0.176. The van der Waals surface area contributed by atoms with Crippen LogP contribution in [-0.4, -0.2) is 25.8 Å². The zero-order valence-electron chi connectivity index (χ0n) is 13.2. The molecular weight excluding hydrogens is 440 g/mol. The van der Waals surface area contributed by atoms with Crippen molar-refractivity contribution in [2.75, 3.05) is 13.7 Å². The van der Waals surface area contributed by atoms with Gasteiger partial charge in [0.2, 0.25) is 0 Å². The molecule has 0 aliphatic rings. The van der Waals surface area contributed by atoms with Crippen LogP contribution in [0.1, 0.15) is 22.8 Å². The molecule has 0 aliphatic heterocycles. The van der Waals surface area contributed by atoms with Gasteiger partial charge in [0.05, 0.1) is 28.9 Å². The SMILES string of the molecule is CCOc1c(Br)cc(/C=N/NC(=O)c2cccc(OC)c2)cc1Br. The molecule has 0 radical (unpaired) electrons. The number of hydrazone groups is 1. The summed E-state index contributed by atoms with van der Waals surface area (Å²) in [7, 11) is 1.55. The maximum Gasteiger partial charge on any atom is 0.271 e. The number of amides is 1. The van der Waals surface area contributed by atoms with Crippen molar-refractivity contribution in [2.24, 2.45) is 5.10 Å². The van der Waals surface area contributed by atoms with Gasteiger partial charge in [0.25, 0.3) is 5.91 Å². The highest BCUT2D eigenvalue weighted by molar-refractivity contribution is 9.11. The molecule has 5 nitrogen and oxygen atoms in total. The number of hydrogen-bond acceptors (Lipinski definition) is 4. The number of benzene rings is 2. The van der Waals surface area contributed by atoms with Gasteiger partial charge in [-0.15, -0.1) is 0 Å². The number of ether oxygens (including phenoxy) is 2. The minimum atomic E-state index is -0.311. The molecule has 0 bridgehead atoms. The topological polar surface area (TPSA) is 59.9 Å². The van der Waals surface area contributed by atoms with E-state index in [0.717, 1.165) is 20.3 Å². The van der Waals surface area contributed by atoms with Crippen LogP contribution in [0.2, 0.25) is 0 Å². The van der Waals surface area contributed by atoms with Gasteiger partial charge in [0, 0.05) is 5.56 Å². The van der Waals surface area contributed by atoms with Crippen molar-refractivity contribution < 1.29 is 14.3 Å². The van der Waals surface area contributed by atoms with Crippen molar-refractivity contribution in [3.63, 3.8) is 0 Å². The van der Waals surface area contributed by atoms with E-state index in [-0.39, 0.29) is 5.91 Å². The molecule has 0 aliphatic carbocycles. The fourth-order valence-corrected chi connectivity index (χ4v) is 3.38. The lowest BCUT2D eigenvalue weighted by Crippen LogP contribution is -2.17. The molecule has 0 spiro atoms. The molecule has 2 aromatic carbocycles. The van der Waals surface area contributed by atoms with E-state index in [0.29, 0.717) is 17.9 Å². The normalized spacial score (nSPS) is 10.7. The van der Waals surface area contributed by atoms with Gasteiger partial charge in [-0.3, -0.25) is 4.79 Å². The van der Waals surface area contributed by atoms with Crippen molar-refractivity contribution in [1.29, 1.82) is 0 Å². The number of carbonyl (C=O) groups excluding carboxylic acids is 1. The lowest BCUT2D eigenvalue weighted by atomic mass is 10.2. The molecule has 0 atom stereocenters. The molecule has 2 rings (SSSR count). The quantitative estimate of drug-likeness (QED) is 0.519. The van der Waals surface area contributed by atoms with E-state index in [9.17, 15) is 4.79 Å². The summed E-state index contributed by atoms with van der Waals surface area (Å²) in [6, 6.07) is 10.6. The Morgan fingerprint density at radius 2 is 1.96 bits per heavy atom. The summed E-state index contributed by atoms with van der Waals surface area (Å²) in [5.74, 6) is 1.04. The molecule has 0 aromatic heterocycles. The summed E-state index contributed by atoms with van der Waals surface area (Å²) in [6.45, 7) is 2.49. The number of nitrogens with zero attached hydrogens (tertiary/aromatic N) is 1. The zero-order valence-corrected chi connectivity index (χ0v) is 16.3. The summed E-state index contributed by atoms with van der Waals surface area (Å²) < 4.78 is 12.2. The van der Waals surface area contributed by atoms with Crippen LogP contribution in [0.3, 0.4) is 0 Å². The molecule has 126 valence electrons. The molecule has 1 N–H and O–H groups in total. The van der Waals surface area contributed by atoms with Gasteiger partial charge in [0.15, 0.2) is 0 Å². The van der Waals surface area contributed by atoms with Crippen molar-refractivity contribution in [3.8, 4) is 11.5 Å². The van der Waals surface area contributed by atoms with E-state index in [4.69, 9.17) is 9.47 Å². The lowest BCUT2D eigenvalue weighted by Gasteiger charge is -2.09. The highest BCUT2D eigenvalue weighted by Gasteiger charge is 2.08. The van der Waals surface area contributed by atoms with E-state index in [1.165, 1.54) is 0 Å². The number of methoxy groups -OCH3 is 1. The predicted molar refractivity (Wildman–Crippen MR) is 101 cm³/mol. The largest absolute Gasteiger partial charge is 0.497 e. The van der Waals surface area contributed by atoms with Gasteiger partial charge in [-0.25, -0.2) is 5.43 Å². The molecule has 0 fully saturated rings. The van der Waals surface area contributed by atoms with E-state index in [2.05, 4.69) is 42.4 Å². The van der Waals surface area contributed by atoms with Crippen molar-refractivity contribution in [1.82, 2.24) is 5.43 Å². The number of nitrogens with one attached hydrogen (secondary N) is 1. The van der Waals surface area contributed by atoms with Crippen molar-refractivity contribution in [3.05, 3.63) is 56.5 Å². The minimum absolute atomic E-state index is 0.311. The average molecular weight is 456 g/mol. The average Bonchev–Trinajstić information content (AvgIpc) is 2.58. The Bertz CT molecular complexity index is 740. The molecule has 7 heteroatoms. The summed E-state index contributed by atoms with van der Waals surface area (Å²) >= 11 is 6.91. The molecule has 0 saturated carbocycles. The maximum atomic E-state index is 12.1. The van der Waals surface area contributed by atoms with Gasteiger partial charge in [-0.05, 0) is 74.7 Å².